The van der Waals surface area contributed by atoms with Crippen molar-refractivity contribution in [1.29, 1.82) is 0 Å². The molecule has 3 N–H and O–H groups in total. The lowest BCUT2D eigenvalue weighted by atomic mass is 10.2. The van der Waals surface area contributed by atoms with Gasteiger partial charge in [-0.05, 0) is 32.6 Å². The third-order valence-corrected chi connectivity index (χ3v) is 3.04. The molecule has 1 atom stereocenters. The fraction of sp³-hybridized carbons (Fsp3) is 0.750. The van der Waals surface area contributed by atoms with Gasteiger partial charge in [-0.25, -0.2) is 4.79 Å². The highest BCUT2D eigenvalue weighted by Crippen LogP contribution is 2.04. The van der Waals surface area contributed by atoms with E-state index in [1.807, 2.05) is 6.92 Å². The van der Waals surface area contributed by atoms with E-state index in [1.54, 1.807) is 6.92 Å². The summed E-state index contributed by atoms with van der Waals surface area (Å²) in [5, 5.41) is 3.08. The number of ether oxygens (including phenoxy) is 2. The Morgan fingerprint density at radius 2 is 1.73 bits per heavy atom. The highest BCUT2D eigenvalue weighted by molar-refractivity contribution is 5.86. The van der Waals surface area contributed by atoms with Crippen molar-refractivity contribution >= 4 is 11.9 Å². The summed E-state index contributed by atoms with van der Waals surface area (Å²) >= 11 is 0. The third kappa shape index (κ3) is 11.3. The van der Waals surface area contributed by atoms with Gasteiger partial charge >= 0.3 is 11.9 Å². The fourth-order valence-electron chi connectivity index (χ4n) is 1.66. The molecule has 6 nitrogen and oxygen atoms in total. The molecule has 0 aliphatic carbocycles. The summed E-state index contributed by atoms with van der Waals surface area (Å²) in [6.45, 7) is 9.67. The lowest BCUT2D eigenvalue weighted by Gasteiger charge is -2.12. The number of nitrogens with one attached hydrogen (secondary N) is 1. The Labute approximate surface area is 133 Å². The molecule has 0 bridgehead atoms. The highest BCUT2D eigenvalue weighted by atomic mass is 16.5. The van der Waals surface area contributed by atoms with Gasteiger partial charge in [0.15, 0.2) is 0 Å². The molecule has 0 rings (SSSR count). The average molecular weight is 314 g/mol. The summed E-state index contributed by atoms with van der Waals surface area (Å²) in [5.41, 5.74) is 5.78. The van der Waals surface area contributed by atoms with Gasteiger partial charge in [0.25, 0.3) is 0 Å². The average Bonchev–Trinajstić information content (AvgIpc) is 2.49. The van der Waals surface area contributed by atoms with Crippen LogP contribution in [0.15, 0.2) is 12.2 Å². The minimum atomic E-state index is -0.342. The molecule has 0 fully saturated rings. The molecule has 0 saturated heterocycles. The van der Waals surface area contributed by atoms with E-state index < -0.39 is 0 Å². The molecule has 0 saturated carbocycles. The van der Waals surface area contributed by atoms with Gasteiger partial charge in [-0.3, -0.25) is 4.79 Å². The smallest absolute Gasteiger partial charge is 0.333 e. The second kappa shape index (κ2) is 13.3. The zero-order valence-electron chi connectivity index (χ0n) is 13.9. The van der Waals surface area contributed by atoms with Crippen molar-refractivity contribution in [3.63, 3.8) is 0 Å². The first-order valence-corrected chi connectivity index (χ1v) is 7.89. The first-order chi connectivity index (χ1) is 10.5. The van der Waals surface area contributed by atoms with Crippen LogP contribution in [0.3, 0.4) is 0 Å². The Morgan fingerprint density at radius 3 is 2.27 bits per heavy atom. The first-order valence-electron chi connectivity index (χ1n) is 7.89. The van der Waals surface area contributed by atoms with Crippen LogP contribution in [0.4, 0.5) is 0 Å². The quantitative estimate of drug-likeness (QED) is 0.303. The van der Waals surface area contributed by atoms with E-state index in [4.69, 9.17) is 15.2 Å². The molecule has 22 heavy (non-hydrogen) atoms. The van der Waals surface area contributed by atoms with Gasteiger partial charge in [-0.1, -0.05) is 13.5 Å². The standard InChI is InChI=1S/C16H30N2O4/c1-13(2)15(19)21-10-6-4-5-7-11-22-16(20)14(3)12-18-9-8-17/h14,18H,1,4-12,17H2,2-3H3. The molecule has 0 aliphatic heterocycles. The van der Waals surface area contributed by atoms with E-state index in [1.165, 1.54) is 0 Å². The first kappa shape index (κ1) is 20.6. The molecular formula is C16H30N2O4. The lowest BCUT2D eigenvalue weighted by Crippen LogP contribution is -2.31. The maximum Gasteiger partial charge on any atom is 0.333 e. The Kier molecular flexibility index (Phi) is 12.4. The van der Waals surface area contributed by atoms with E-state index >= 15 is 0 Å². The molecule has 0 aromatic carbocycles. The van der Waals surface area contributed by atoms with Crippen LogP contribution in [0, 0.1) is 5.92 Å². The summed E-state index contributed by atoms with van der Waals surface area (Å²) < 4.78 is 10.2. The van der Waals surface area contributed by atoms with Crippen molar-refractivity contribution in [2.45, 2.75) is 39.5 Å². The van der Waals surface area contributed by atoms with Gasteiger partial charge in [-0.15, -0.1) is 0 Å². The highest BCUT2D eigenvalue weighted by Gasteiger charge is 2.13. The number of esters is 2. The van der Waals surface area contributed by atoms with E-state index in [0.717, 1.165) is 25.7 Å². The van der Waals surface area contributed by atoms with Gasteiger partial charge in [0.1, 0.15) is 0 Å². The number of hydrogen-bond acceptors (Lipinski definition) is 6. The summed E-state index contributed by atoms with van der Waals surface area (Å²) in [4.78, 5) is 22.8. The van der Waals surface area contributed by atoms with Gasteiger partial charge in [-0.2, -0.15) is 0 Å². The molecule has 0 heterocycles. The Bertz CT molecular complexity index is 345. The van der Waals surface area contributed by atoms with Crippen LogP contribution < -0.4 is 11.1 Å². The van der Waals surface area contributed by atoms with Crippen LogP contribution in [0.1, 0.15) is 39.5 Å². The van der Waals surface area contributed by atoms with Gasteiger partial charge in [0, 0.05) is 25.2 Å². The monoisotopic (exact) mass is 314 g/mol. The Balaban J connectivity index is 3.43. The summed E-state index contributed by atoms with van der Waals surface area (Å²) in [6.07, 6.45) is 3.52. The van der Waals surface area contributed by atoms with Crippen LogP contribution in [0.25, 0.3) is 0 Å². The summed E-state index contributed by atoms with van der Waals surface area (Å²) in [7, 11) is 0. The molecule has 0 amide bonds. The van der Waals surface area contributed by atoms with Crippen LogP contribution in [0.5, 0.6) is 0 Å². The van der Waals surface area contributed by atoms with Crippen LogP contribution in [-0.4, -0.2) is 44.8 Å². The third-order valence-electron chi connectivity index (χ3n) is 3.04. The number of hydrogen-bond donors (Lipinski definition) is 2. The predicted octanol–water partition coefficient (Wildman–Crippen LogP) is 1.39. The molecule has 0 aromatic rings. The van der Waals surface area contributed by atoms with E-state index in [2.05, 4.69) is 11.9 Å². The van der Waals surface area contributed by atoms with Gasteiger partial charge < -0.3 is 20.5 Å². The minimum Gasteiger partial charge on any atom is -0.465 e. The Morgan fingerprint density at radius 1 is 1.14 bits per heavy atom. The second-order valence-corrected chi connectivity index (χ2v) is 5.39. The second-order valence-electron chi connectivity index (χ2n) is 5.39. The molecule has 0 aliphatic rings. The van der Waals surface area contributed by atoms with E-state index in [-0.39, 0.29) is 17.9 Å². The van der Waals surface area contributed by atoms with Crippen molar-refractivity contribution in [3.05, 3.63) is 12.2 Å². The van der Waals surface area contributed by atoms with E-state index in [0.29, 0.717) is 38.4 Å². The molecule has 0 radical (unpaired) electrons. The van der Waals surface area contributed by atoms with Crippen LogP contribution >= 0.6 is 0 Å². The lowest BCUT2D eigenvalue weighted by molar-refractivity contribution is -0.148. The van der Waals surface area contributed by atoms with Crippen molar-refractivity contribution in [2.24, 2.45) is 11.7 Å². The zero-order valence-corrected chi connectivity index (χ0v) is 13.9. The molecule has 128 valence electrons. The number of rotatable bonds is 13. The molecule has 0 spiro atoms. The topological polar surface area (TPSA) is 90.6 Å². The SMILES string of the molecule is C=C(C)C(=O)OCCCCCCOC(=O)C(C)CNCCN. The Hall–Kier alpha value is -1.40. The zero-order chi connectivity index (χ0) is 16.8. The largest absolute Gasteiger partial charge is 0.465 e. The maximum atomic E-state index is 11.7. The van der Waals surface area contributed by atoms with Crippen LogP contribution in [0.2, 0.25) is 0 Å². The van der Waals surface area contributed by atoms with Gasteiger partial charge in [0.2, 0.25) is 0 Å². The fourth-order valence-corrected chi connectivity index (χ4v) is 1.66. The van der Waals surface area contributed by atoms with E-state index in [9.17, 15) is 9.59 Å². The number of unbranched alkanes of at least 4 members (excludes halogenated alkanes) is 3. The number of nitrogens with two attached hydrogens (primary N) is 1. The van der Waals surface area contributed by atoms with Crippen molar-refractivity contribution in [2.75, 3.05) is 32.8 Å². The maximum absolute atomic E-state index is 11.7. The van der Waals surface area contributed by atoms with Crippen LogP contribution in [-0.2, 0) is 19.1 Å². The minimum absolute atomic E-state index is 0.159. The van der Waals surface area contributed by atoms with Crippen molar-refractivity contribution in [3.8, 4) is 0 Å². The molecular weight excluding hydrogens is 284 g/mol. The van der Waals surface area contributed by atoms with Gasteiger partial charge in [0.05, 0.1) is 19.1 Å². The predicted molar refractivity (Wildman–Crippen MR) is 86.3 cm³/mol. The summed E-state index contributed by atoms with van der Waals surface area (Å²) in [6, 6.07) is 0. The molecule has 0 aromatic heterocycles. The summed E-state index contributed by atoms with van der Waals surface area (Å²) in [5.74, 6) is -0.681. The molecule has 1 unspecified atom stereocenters. The number of carbonyl (C=O) groups excluding carboxylic acids is 2. The molecule has 6 heteroatoms. The van der Waals surface area contributed by atoms with Crippen molar-refractivity contribution in [1.82, 2.24) is 5.32 Å². The van der Waals surface area contributed by atoms with Crippen molar-refractivity contribution < 1.29 is 19.1 Å². The normalized spacial score (nSPS) is 11.8. The number of carbonyl (C=O) groups is 2.